The van der Waals surface area contributed by atoms with Gasteiger partial charge in [0, 0.05) is 18.5 Å². The summed E-state index contributed by atoms with van der Waals surface area (Å²) >= 11 is 0. The van der Waals surface area contributed by atoms with E-state index in [9.17, 15) is 4.79 Å². The second-order valence-corrected chi connectivity index (χ2v) is 6.02. The van der Waals surface area contributed by atoms with Crippen molar-refractivity contribution in [2.24, 2.45) is 23.5 Å². The molecular weight excluding hydrogens is 236 g/mol. The summed E-state index contributed by atoms with van der Waals surface area (Å²) in [6.45, 7) is 0.681. The Balaban J connectivity index is 1.39. The Kier molecular flexibility index (Phi) is 3.56. The molecule has 2 aliphatic carbocycles. The molecule has 3 rings (SSSR count). The third kappa shape index (κ3) is 2.98. The maximum atomic E-state index is 12.0. The summed E-state index contributed by atoms with van der Waals surface area (Å²) in [5, 5.41) is 3.05. The molecule has 3 atom stereocenters. The fraction of sp³-hybridized carbons (Fsp3) is 0.562. The highest BCUT2D eigenvalue weighted by atomic mass is 16.1. The molecule has 1 aromatic carbocycles. The van der Waals surface area contributed by atoms with E-state index in [2.05, 4.69) is 5.32 Å². The fourth-order valence-corrected chi connectivity index (χ4v) is 3.29. The van der Waals surface area contributed by atoms with Crippen LogP contribution in [0.4, 0.5) is 0 Å². The summed E-state index contributed by atoms with van der Waals surface area (Å²) in [6, 6.07) is 10.1. The Labute approximate surface area is 114 Å². The largest absolute Gasteiger partial charge is 0.356 e. The van der Waals surface area contributed by atoms with E-state index >= 15 is 0 Å². The molecule has 3 nitrogen and oxygen atoms in total. The minimum absolute atomic E-state index is 0.0125. The highest BCUT2D eigenvalue weighted by Gasteiger charge is 2.47. The molecule has 1 amide bonds. The van der Waals surface area contributed by atoms with Gasteiger partial charge in [0.2, 0.25) is 5.91 Å². The fourth-order valence-electron chi connectivity index (χ4n) is 3.29. The van der Waals surface area contributed by atoms with Crippen molar-refractivity contribution >= 4 is 5.91 Å². The zero-order chi connectivity index (χ0) is 13.2. The zero-order valence-corrected chi connectivity index (χ0v) is 11.2. The molecule has 102 valence electrons. The molecule has 3 N–H and O–H groups in total. The van der Waals surface area contributed by atoms with Crippen LogP contribution in [0, 0.1) is 17.8 Å². The average molecular weight is 258 g/mol. The van der Waals surface area contributed by atoms with Crippen molar-refractivity contribution < 1.29 is 4.79 Å². The Morgan fingerprint density at radius 3 is 2.58 bits per heavy atom. The van der Waals surface area contributed by atoms with E-state index < -0.39 is 0 Å². The van der Waals surface area contributed by atoms with Gasteiger partial charge >= 0.3 is 0 Å². The number of nitrogens with two attached hydrogens (primary N) is 1. The molecule has 2 fully saturated rings. The van der Waals surface area contributed by atoms with Crippen LogP contribution in [-0.4, -0.2) is 12.5 Å². The highest BCUT2D eigenvalue weighted by Crippen LogP contribution is 2.54. The number of hydrogen-bond acceptors (Lipinski definition) is 2. The number of rotatable bonds is 5. The first kappa shape index (κ1) is 12.7. The lowest BCUT2D eigenvalue weighted by molar-refractivity contribution is -0.125. The zero-order valence-electron chi connectivity index (χ0n) is 11.2. The molecule has 0 bridgehead atoms. The first-order valence-electron chi connectivity index (χ1n) is 7.32. The van der Waals surface area contributed by atoms with Crippen LogP contribution in [0.5, 0.6) is 0 Å². The van der Waals surface area contributed by atoms with E-state index in [4.69, 9.17) is 5.73 Å². The lowest BCUT2D eigenvalue weighted by atomic mass is 10.0. The smallest absolute Gasteiger partial charge is 0.223 e. The lowest BCUT2D eigenvalue weighted by Crippen LogP contribution is -2.32. The van der Waals surface area contributed by atoms with Gasteiger partial charge in [0.15, 0.2) is 0 Å². The van der Waals surface area contributed by atoms with Crippen molar-refractivity contribution in [2.75, 3.05) is 6.54 Å². The number of hydrogen-bond donors (Lipinski definition) is 2. The Hall–Kier alpha value is -1.35. The monoisotopic (exact) mass is 258 g/mol. The van der Waals surface area contributed by atoms with Gasteiger partial charge in [-0.3, -0.25) is 4.79 Å². The van der Waals surface area contributed by atoms with Crippen LogP contribution in [0.15, 0.2) is 30.3 Å². The first-order valence-corrected chi connectivity index (χ1v) is 7.32. The molecule has 19 heavy (non-hydrogen) atoms. The molecule has 0 spiro atoms. The quantitative estimate of drug-likeness (QED) is 0.851. The molecule has 0 radical (unpaired) electrons. The van der Waals surface area contributed by atoms with Gasteiger partial charge in [-0.15, -0.1) is 0 Å². The van der Waals surface area contributed by atoms with Gasteiger partial charge in [-0.1, -0.05) is 30.3 Å². The van der Waals surface area contributed by atoms with E-state index in [1.165, 1.54) is 6.42 Å². The molecule has 2 aliphatic rings. The van der Waals surface area contributed by atoms with Crippen LogP contribution < -0.4 is 11.1 Å². The number of benzene rings is 1. The van der Waals surface area contributed by atoms with Gasteiger partial charge in [-0.2, -0.15) is 0 Å². The second kappa shape index (κ2) is 5.33. The number of amides is 1. The van der Waals surface area contributed by atoms with Crippen LogP contribution in [0.25, 0.3) is 0 Å². The molecule has 0 heterocycles. The van der Waals surface area contributed by atoms with E-state index in [0.717, 1.165) is 36.7 Å². The number of carbonyl (C=O) groups excluding carboxylic acids is 1. The molecule has 3 heteroatoms. The number of nitrogens with one attached hydrogen (secondary N) is 1. The first-order chi connectivity index (χ1) is 9.24. The molecule has 0 aliphatic heterocycles. The van der Waals surface area contributed by atoms with Gasteiger partial charge in [0.05, 0.1) is 0 Å². The Morgan fingerprint density at radius 1 is 1.21 bits per heavy atom. The summed E-state index contributed by atoms with van der Waals surface area (Å²) in [5.41, 5.74) is 7.25. The normalized spacial score (nSPS) is 29.6. The third-order valence-electron chi connectivity index (χ3n) is 4.60. The third-order valence-corrected chi connectivity index (χ3v) is 4.60. The maximum absolute atomic E-state index is 12.0. The van der Waals surface area contributed by atoms with Crippen molar-refractivity contribution in [1.82, 2.24) is 5.32 Å². The van der Waals surface area contributed by atoms with Gasteiger partial charge in [0.25, 0.3) is 0 Å². The Morgan fingerprint density at radius 2 is 1.89 bits per heavy atom. The van der Waals surface area contributed by atoms with Gasteiger partial charge in [-0.25, -0.2) is 0 Å². The molecular formula is C16H22N2O. The number of carbonyl (C=O) groups is 1. The van der Waals surface area contributed by atoms with E-state index in [-0.39, 0.29) is 17.9 Å². The van der Waals surface area contributed by atoms with Crippen molar-refractivity contribution in [3.63, 3.8) is 0 Å². The topological polar surface area (TPSA) is 55.1 Å². The summed E-state index contributed by atoms with van der Waals surface area (Å²) in [5.74, 6) is 2.24. The molecule has 2 saturated carbocycles. The number of fused-ring (bicyclic) bond motifs is 1. The summed E-state index contributed by atoms with van der Waals surface area (Å²) < 4.78 is 0. The Bertz CT molecular complexity index is 435. The average Bonchev–Trinajstić information content (AvgIpc) is 3.06. The predicted molar refractivity (Wildman–Crippen MR) is 75.3 cm³/mol. The van der Waals surface area contributed by atoms with Crippen molar-refractivity contribution in [2.45, 2.75) is 31.7 Å². The molecule has 3 unspecified atom stereocenters. The van der Waals surface area contributed by atoms with Crippen LogP contribution in [0.3, 0.4) is 0 Å². The maximum Gasteiger partial charge on any atom is 0.223 e. The van der Waals surface area contributed by atoms with Crippen LogP contribution in [-0.2, 0) is 4.79 Å². The molecule has 1 aromatic rings. The summed E-state index contributed by atoms with van der Waals surface area (Å²) in [6.07, 6.45) is 4.39. The minimum Gasteiger partial charge on any atom is -0.356 e. The van der Waals surface area contributed by atoms with Gasteiger partial charge in [-0.05, 0) is 43.1 Å². The summed E-state index contributed by atoms with van der Waals surface area (Å²) in [4.78, 5) is 12.0. The molecule has 0 saturated heterocycles. The van der Waals surface area contributed by atoms with Crippen molar-refractivity contribution in [3.8, 4) is 0 Å². The van der Waals surface area contributed by atoms with Crippen LogP contribution in [0.2, 0.25) is 0 Å². The van der Waals surface area contributed by atoms with Gasteiger partial charge in [0.1, 0.15) is 0 Å². The highest BCUT2D eigenvalue weighted by molar-refractivity contribution is 5.79. The predicted octanol–water partition coefficient (Wildman–Crippen LogP) is 2.24. The SMILES string of the molecule is NC(CCNC(=O)C1CC2CC2C1)c1ccccc1. The van der Waals surface area contributed by atoms with E-state index in [0.29, 0.717) is 6.54 Å². The van der Waals surface area contributed by atoms with E-state index in [1.54, 1.807) is 0 Å². The standard InChI is InChI=1S/C16H22N2O/c17-15(11-4-2-1-3-5-11)6-7-18-16(19)14-9-12-8-13(12)10-14/h1-5,12-15H,6-10,17H2,(H,18,19). The molecule has 0 aromatic heterocycles. The van der Waals surface area contributed by atoms with Crippen molar-refractivity contribution in [1.29, 1.82) is 0 Å². The lowest BCUT2D eigenvalue weighted by Gasteiger charge is -2.15. The van der Waals surface area contributed by atoms with Crippen LogP contribution in [0.1, 0.15) is 37.3 Å². The van der Waals surface area contributed by atoms with Crippen molar-refractivity contribution in [3.05, 3.63) is 35.9 Å². The second-order valence-electron chi connectivity index (χ2n) is 6.02. The van der Waals surface area contributed by atoms with E-state index in [1.807, 2.05) is 30.3 Å². The minimum atomic E-state index is 0.0125. The van der Waals surface area contributed by atoms with Crippen LogP contribution >= 0.6 is 0 Å². The van der Waals surface area contributed by atoms with Gasteiger partial charge < -0.3 is 11.1 Å². The summed E-state index contributed by atoms with van der Waals surface area (Å²) in [7, 11) is 0.